The van der Waals surface area contributed by atoms with Crippen LogP contribution in [0.25, 0.3) is 0 Å². The summed E-state index contributed by atoms with van der Waals surface area (Å²) < 4.78 is 22.4. The van der Waals surface area contributed by atoms with Crippen LogP contribution in [0, 0.1) is 10.8 Å². The standard InChI is InChI=1S/C46H63ClN4O8/c1-42(2,3)36(27-29-15-23-33(24-16-29)57-46(13,14)43(4,5)6)49-37(52)26-20-30-19-25-34(28-35(30)47)56-38(53)31-17-21-32(22-18-31)48-39(50-40(54)58-44(7,8)9)51-41(55)59-45(10,11)12/h15-19,21-25,28,36H,20,26-27H2,1-14H3,(H,49,52)(H2,48,50,51,54,55)/t36-/m0/s1. The first-order chi connectivity index (χ1) is 27.0. The van der Waals surface area contributed by atoms with Crippen molar-refractivity contribution in [3.05, 3.63) is 88.4 Å². The Morgan fingerprint density at radius 3 is 1.83 bits per heavy atom. The molecule has 0 saturated carbocycles. The Bertz CT molecular complexity index is 1960. The molecule has 59 heavy (non-hydrogen) atoms. The van der Waals surface area contributed by atoms with E-state index in [1.807, 2.05) is 12.1 Å². The highest BCUT2D eigenvalue weighted by Crippen LogP contribution is 2.35. The zero-order valence-electron chi connectivity index (χ0n) is 37.1. The van der Waals surface area contributed by atoms with Gasteiger partial charge < -0.3 is 29.6 Å². The van der Waals surface area contributed by atoms with Crippen molar-refractivity contribution < 1.29 is 38.1 Å². The second-order valence-corrected chi connectivity index (χ2v) is 19.5. The molecule has 0 fully saturated rings. The summed E-state index contributed by atoms with van der Waals surface area (Å²) in [4.78, 5) is 54.9. The van der Waals surface area contributed by atoms with Crippen LogP contribution in [0.1, 0.15) is 125 Å². The molecule has 3 N–H and O–H groups in total. The van der Waals surface area contributed by atoms with Crippen molar-refractivity contribution in [2.45, 2.75) is 139 Å². The van der Waals surface area contributed by atoms with Crippen molar-refractivity contribution in [1.29, 1.82) is 0 Å². The molecule has 0 unspecified atom stereocenters. The molecule has 1 atom stereocenters. The monoisotopic (exact) mass is 834 g/mol. The molecule has 0 aliphatic carbocycles. The van der Waals surface area contributed by atoms with Gasteiger partial charge in [0.25, 0.3) is 0 Å². The first-order valence-electron chi connectivity index (χ1n) is 19.8. The molecule has 3 rings (SSSR count). The zero-order valence-corrected chi connectivity index (χ0v) is 37.9. The predicted molar refractivity (Wildman–Crippen MR) is 234 cm³/mol. The molecule has 0 aliphatic heterocycles. The van der Waals surface area contributed by atoms with Gasteiger partial charge in [0.15, 0.2) is 0 Å². The number of carbonyl (C=O) groups excluding carboxylic acids is 4. The van der Waals surface area contributed by atoms with Gasteiger partial charge in [-0.15, -0.1) is 4.99 Å². The van der Waals surface area contributed by atoms with Crippen molar-refractivity contribution in [2.24, 2.45) is 15.8 Å². The highest BCUT2D eigenvalue weighted by Gasteiger charge is 2.35. The number of hydrogen-bond acceptors (Lipinski definition) is 8. The average molecular weight is 835 g/mol. The fraction of sp³-hybridized carbons (Fsp3) is 0.500. The molecule has 0 aliphatic rings. The van der Waals surface area contributed by atoms with Gasteiger partial charge in [-0.2, -0.15) is 0 Å². The molecule has 0 saturated heterocycles. The molecule has 0 spiro atoms. The number of halogens is 1. The molecule has 0 heterocycles. The first-order valence-corrected chi connectivity index (χ1v) is 20.1. The Hall–Kier alpha value is -5.10. The van der Waals surface area contributed by atoms with Crippen molar-refractivity contribution in [3.8, 4) is 11.5 Å². The Morgan fingerprint density at radius 2 is 1.31 bits per heavy atom. The molecule has 3 aromatic carbocycles. The van der Waals surface area contributed by atoms with E-state index in [9.17, 15) is 19.2 Å². The summed E-state index contributed by atoms with van der Waals surface area (Å²) >= 11 is 6.59. The fourth-order valence-electron chi connectivity index (χ4n) is 5.12. The number of esters is 1. The van der Waals surface area contributed by atoms with E-state index in [1.54, 1.807) is 65.8 Å². The lowest BCUT2D eigenvalue weighted by Crippen LogP contribution is -2.45. The third-order valence-electron chi connectivity index (χ3n) is 9.38. The van der Waals surface area contributed by atoms with E-state index in [-0.39, 0.29) is 52.1 Å². The SMILES string of the molecule is CC(C)(C)OC(=O)/N=C(/NC(=O)OC(C)(C)C)Nc1ccc(C(=O)Oc2ccc(CCC(=O)N[C@@H](Cc3ccc(OC(C)(C)C(C)(C)C)cc3)C(C)(C)C)c(Cl)c2)cc1. The summed E-state index contributed by atoms with van der Waals surface area (Å²) in [6.45, 7) is 27.1. The van der Waals surface area contributed by atoms with Crippen LogP contribution in [0.2, 0.25) is 5.02 Å². The summed E-state index contributed by atoms with van der Waals surface area (Å²) in [6, 6.07) is 19.0. The van der Waals surface area contributed by atoms with Crippen molar-refractivity contribution in [2.75, 3.05) is 5.32 Å². The molecule has 0 radical (unpaired) electrons. The smallest absolute Gasteiger partial charge is 0.437 e. The van der Waals surface area contributed by atoms with Crippen molar-refractivity contribution >= 4 is 47.3 Å². The van der Waals surface area contributed by atoms with Gasteiger partial charge in [0.2, 0.25) is 11.9 Å². The number of aliphatic imine (C=N–C) groups is 1. The number of rotatable bonds is 11. The number of benzene rings is 3. The molecule has 3 amide bonds. The van der Waals surface area contributed by atoms with Crippen molar-refractivity contribution in [1.82, 2.24) is 10.6 Å². The third kappa shape index (κ3) is 16.6. The normalized spacial score (nSPS) is 13.2. The molecular weight excluding hydrogens is 772 g/mol. The van der Waals surface area contributed by atoms with Gasteiger partial charge in [0.1, 0.15) is 28.3 Å². The van der Waals surface area contributed by atoms with Crippen LogP contribution in [-0.4, -0.2) is 52.9 Å². The van der Waals surface area contributed by atoms with Crippen LogP contribution >= 0.6 is 11.6 Å². The van der Waals surface area contributed by atoms with E-state index in [4.69, 9.17) is 30.5 Å². The third-order valence-corrected chi connectivity index (χ3v) is 9.73. The minimum Gasteiger partial charge on any atom is -0.487 e. The molecule has 3 aromatic rings. The van der Waals surface area contributed by atoms with Gasteiger partial charge in [-0.05, 0) is 133 Å². The van der Waals surface area contributed by atoms with E-state index in [0.29, 0.717) is 23.6 Å². The zero-order chi connectivity index (χ0) is 44.6. The topological polar surface area (TPSA) is 154 Å². The lowest BCUT2D eigenvalue weighted by atomic mass is 9.79. The van der Waals surface area contributed by atoms with Crippen LogP contribution in [-0.2, 0) is 27.1 Å². The van der Waals surface area contributed by atoms with Gasteiger partial charge in [0, 0.05) is 28.6 Å². The Morgan fingerprint density at radius 1 is 0.729 bits per heavy atom. The van der Waals surface area contributed by atoms with Crippen LogP contribution in [0.3, 0.4) is 0 Å². The second-order valence-electron chi connectivity index (χ2n) is 19.1. The summed E-state index contributed by atoms with van der Waals surface area (Å²) in [5.41, 5.74) is 0.257. The largest absolute Gasteiger partial charge is 0.487 e. The minimum atomic E-state index is -0.932. The Kier molecular flexibility index (Phi) is 15.8. The van der Waals surface area contributed by atoms with Crippen LogP contribution < -0.4 is 25.4 Å². The number of nitrogens with zero attached hydrogens (tertiary/aromatic N) is 1. The van der Waals surface area contributed by atoms with Gasteiger partial charge in [-0.25, -0.2) is 14.4 Å². The number of hydrogen-bond donors (Lipinski definition) is 3. The summed E-state index contributed by atoms with van der Waals surface area (Å²) in [5, 5.41) is 8.84. The molecule has 0 bridgehead atoms. The number of anilines is 1. The number of aryl methyl sites for hydroxylation is 1. The minimum absolute atomic E-state index is 0.0384. The summed E-state index contributed by atoms with van der Waals surface area (Å²) in [5.74, 6) is 0.0669. The first kappa shape index (κ1) is 48.3. The molecule has 322 valence electrons. The van der Waals surface area contributed by atoms with E-state index in [2.05, 4.69) is 88.5 Å². The van der Waals surface area contributed by atoms with Crippen molar-refractivity contribution in [3.63, 3.8) is 0 Å². The Labute approximate surface area is 355 Å². The fourth-order valence-corrected chi connectivity index (χ4v) is 5.38. The summed E-state index contributed by atoms with van der Waals surface area (Å²) in [7, 11) is 0. The summed E-state index contributed by atoms with van der Waals surface area (Å²) in [6.07, 6.45) is -0.499. The second kappa shape index (κ2) is 19.3. The highest BCUT2D eigenvalue weighted by atomic mass is 35.5. The molecule has 12 nitrogen and oxygen atoms in total. The predicted octanol–water partition coefficient (Wildman–Crippen LogP) is 10.7. The quantitative estimate of drug-likeness (QED) is 0.0741. The molecule has 0 aromatic heterocycles. The lowest BCUT2D eigenvalue weighted by molar-refractivity contribution is -0.122. The number of guanidine groups is 1. The van der Waals surface area contributed by atoms with Crippen LogP contribution in [0.15, 0.2) is 71.7 Å². The Balaban J connectivity index is 1.60. The lowest BCUT2D eigenvalue weighted by Gasteiger charge is -2.39. The van der Waals surface area contributed by atoms with Gasteiger partial charge in [-0.3, -0.25) is 10.1 Å². The maximum atomic E-state index is 13.2. The molecule has 13 heteroatoms. The molecular formula is C46H63ClN4O8. The number of nitrogens with one attached hydrogen (secondary N) is 3. The van der Waals surface area contributed by atoms with E-state index < -0.39 is 29.4 Å². The van der Waals surface area contributed by atoms with Crippen LogP contribution in [0.4, 0.5) is 15.3 Å². The van der Waals surface area contributed by atoms with E-state index in [1.165, 1.54) is 18.2 Å². The number of carbonyl (C=O) groups is 4. The van der Waals surface area contributed by atoms with E-state index >= 15 is 0 Å². The van der Waals surface area contributed by atoms with Gasteiger partial charge in [0.05, 0.1) is 5.56 Å². The average Bonchev–Trinajstić information content (AvgIpc) is 3.06. The highest BCUT2D eigenvalue weighted by molar-refractivity contribution is 6.31. The van der Waals surface area contributed by atoms with Gasteiger partial charge in [-0.1, -0.05) is 71.3 Å². The number of ether oxygens (including phenoxy) is 4. The number of amides is 3. The maximum absolute atomic E-state index is 13.2. The van der Waals surface area contributed by atoms with Crippen LogP contribution in [0.5, 0.6) is 11.5 Å². The number of alkyl carbamates (subject to hydrolysis) is 1. The van der Waals surface area contributed by atoms with E-state index in [0.717, 1.165) is 16.9 Å². The maximum Gasteiger partial charge on any atom is 0.437 e. The van der Waals surface area contributed by atoms with Gasteiger partial charge >= 0.3 is 18.2 Å².